The molecule has 1 saturated heterocycles. The van der Waals surface area contributed by atoms with Crippen molar-refractivity contribution in [2.45, 2.75) is 57.9 Å². The molecule has 0 saturated carbocycles. The van der Waals surface area contributed by atoms with Gasteiger partial charge in [-0.3, -0.25) is 0 Å². The van der Waals surface area contributed by atoms with E-state index in [4.69, 9.17) is 5.11 Å². The van der Waals surface area contributed by atoms with E-state index in [-0.39, 0.29) is 18.3 Å². The molecule has 21 heavy (non-hydrogen) atoms. The first-order valence-corrected chi connectivity index (χ1v) is 7.55. The number of aliphatic hydroxyl groups is 1. The molecular weight excluding hydrogens is 279 g/mol. The molecule has 118 valence electrons. The molecular formula is C16H22F3NO. The number of hydrogen-bond acceptors (Lipinski definition) is 2. The van der Waals surface area contributed by atoms with Crippen molar-refractivity contribution in [2.24, 2.45) is 0 Å². The normalized spacial score (nSPS) is 20.4. The zero-order valence-corrected chi connectivity index (χ0v) is 12.3. The highest BCUT2D eigenvalue weighted by Crippen LogP contribution is 2.39. The summed E-state index contributed by atoms with van der Waals surface area (Å²) in [6.45, 7) is 2.32. The Labute approximate surface area is 123 Å². The van der Waals surface area contributed by atoms with Crippen LogP contribution in [0.1, 0.15) is 50.2 Å². The third-order valence-corrected chi connectivity index (χ3v) is 4.21. The second kappa shape index (κ2) is 6.69. The van der Waals surface area contributed by atoms with E-state index >= 15 is 0 Å². The molecule has 1 fully saturated rings. The molecule has 0 amide bonds. The number of rotatable bonds is 3. The summed E-state index contributed by atoms with van der Waals surface area (Å²) < 4.78 is 40.0. The molecule has 5 heteroatoms. The molecule has 0 spiro atoms. The smallest absolute Gasteiger partial charge is 0.392 e. The van der Waals surface area contributed by atoms with Gasteiger partial charge in [0.2, 0.25) is 0 Å². The van der Waals surface area contributed by atoms with E-state index in [1.807, 2.05) is 11.8 Å². The predicted octanol–water partition coefficient (Wildman–Crippen LogP) is 4.36. The summed E-state index contributed by atoms with van der Waals surface area (Å²) >= 11 is 0. The van der Waals surface area contributed by atoms with Crippen LogP contribution in [0.25, 0.3) is 0 Å². The van der Waals surface area contributed by atoms with Crippen molar-refractivity contribution in [3.63, 3.8) is 0 Å². The number of nitrogens with zero attached hydrogens (tertiary/aromatic N) is 1. The Bertz CT molecular complexity index is 473. The fourth-order valence-corrected chi connectivity index (χ4v) is 3.08. The van der Waals surface area contributed by atoms with Crippen LogP contribution in [0.5, 0.6) is 0 Å². The molecule has 1 aromatic rings. The molecule has 0 radical (unpaired) electrons. The average molecular weight is 301 g/mol. The minimum absolute atomic E-state index is 0.161. The van der Waals surface area contributed by atoms with Crippen LogP contribution in [-0.4, -0.2) is 17.7 Å². The lowest BCUT2D eigenvalue weighted by molar-refractivity contribution is -0.137. The summed E-state index contributed by atoms with van der Waals surface area (Å²) in [7, 11) is 0. The van der Waals surface area contributed by atoms with E-state index in [1.165, 1.54) is 6.07 Å². The maximum absolute atomic E-state index is 13.3. The number of aliphatic hydroxyl groups excluding tert-OH is 1. The number of anilines is 1. The standard InChI is InChI=1S/C16H22F3NO/c1-2-13-6-4-3-5-9-20(13)15-8-7-12(11-21)10-14(15)16(17,18)19/h7-8,10,13,21H,2-6,9,11H2,1H3. The zero-order chi connectivity index (χ0) is 15.5. The van der Waals surface area contributed by atoms with Gasteiger partial charge in [0, 0.05) is 18.3 Å². The van der Waals surface area contributed by atoms with E-state index in [9.17, 15) is 13.2 Å². The first kappa shape index (κ1) is 16.1. The molecule has 1 aliphatic heterocycles. The van der Waals surface area contributed by atoms with Gasteiger partial charge in [-0.25, -0.2) is 0 Å². The van der Waals surface area contributed by atoms with Gasteiger partial charge in [0.25, 0.3) is 0 Å². The summed E-state index contributed by atoms with van der Waals surface area (Å²) in [4.78, 5) is 1.91. The van der Waals surface area contributed by atoms with Crippen molar-refractivity contribution in [1.29, 1.82) is 0 Å². The minimum Gasteiger partial charge on any atom is -0.392 e. The first-order valence-electron chi connectivity index (χ1n) is 7.55. The van der Waals surface area contributed by atoms with E-state index in [2.05, 4.69) is 0 Å². The summed E-state index contributed by atoms with van der Waals surface area (Å²) in [5.41, 5.74) is -0.0724. The molecule has 0 aromatic heterocycles. The summed E-state index contributed by atoms with van der Waals surface area (Å²) in [5, 5.41) is 9.09. The van der Waals surface area contributed by atoms with Crippen LogP contribution in [0.4, 0.5) is 18.9 Å². The summed E-state index contributed by atoms with van der Waals surface area (Å²) in [6.07, 6.45) is 0.462. The van der Waals surface area contributed by atoms with E-state index in [1.54, 1.807) is 6.07 Å². The van der Waals surface area contributed by atoms with Gasteiger partial charge in [0.15, 0.2) is 0 Å². The molecule has 1 aromatic carbocycles. The lowest BCUT2D eigenvalue weighted by atomic mass is 10.0. The van der Waals surface area contributed by atoms with Crippen molar-refractivity contribution in [1.82, 2.24) is 0 Å². The lowest BCUT2D eigenvalue weighted by Crippen LogP contribution is -2.35. The van der Waals surface area contributed by atoms with E-state index < -0.39 is 11.7 Å². The Balaban J connectivity index is 2.45. The number of halogens is 3. The Kier molecular flexibility index (Phi) is 5.14. The number of alkyl halides is 3. The molecule has 2 rings (SSSR count). The van der Waals surface area contributed by atoms with Gasteiger partial charge < -0.3 is 10.0 Å². The third-order valence-electron chi connectivity index (χ3n) is 4.21. The van der Waals surface area contributed by atoms with Crippen molar-refractivity contribution >= 4 is 5.69 Å². The van der Waals surface area contributed by atoms with Crippen molar-refractivity contribution in [3.8, 4) is 0 Å². The third kappa shape index (κ3) is 3.70. The van der Waals surface area contributed by atoms with Crippen LogP contribution in [0.15, 0.2) is 18.2 Å². The molecule has 0 bridgehead atoms. The SMILES string of the molecule is CCC1CCCCCN1c1ccc(CO)cc1C(F)(F)F. The Morgan fingerprint density at radius 2 is 2.00 bits per heavy atom. The van der Waals surface area contributed by atoms with E-state index in [0.717, 1.165) is 38.2 Å². The molecule has 1 unspecified atom stereocenters. The van der Waals surface area contributed by atoms with Gasteiger partial charge in [-0.05, 0) is 37.0 Å². The molecule has 2 nitrogen and oxygen atoms in total. The van der Waals surface area contributed by atoms with E-state index in [0.29, 0.717) is 12.1 Å². The average Bonchev–Trinajstić information content (AvgIpc) is 2.70. The highest BCUT2D eigenvalue weighted by atomic mass is 19.4. The zero-order valence-electron chi connectivity index (χ0n) is 12.3. The monoisotopic (exact) mass is 301 g/mol. The van der Waals surface area contributed by atoms with Gasteiger partial charge >= 0.3 is 6.18 Å². The van der Waals surface area contributed by atoms with Gasteiger partial charge in [-0.2, -0.15) is 13.2 Å². The van der Waals surface area contributed by atoms with Crippen molar-refractivity contribution in [2.75, 3.05) is 11.4 Å². The molecule has 0 aliphatic carbocycles. The fraction of sp³-hybridized carbons (Fsp3) is 0.625. The van der Waals surface area contributed by atoms with Gasteiger partial charge in [0.05, 0.1) is 12.2 Å². The van der Waals surface area contributed by atoms with Crippen molar-refractivity contribution < 1.29 is 18.3 Å². The summed E-state index contributed by atoms with van der Waals surface area (Å²) in [6, 6.07) is 4.34. The molecule has 1 aliphatic rings. The predicted molar refractivity (Wildman–Crippen MR) is 77.3 cm³/mol. The van der Waals surface area contributed by atoms with Gasteiger partial charge in [0.1, 0.15) is 0 Å². The lowest BCUT2D eigenvalue weighted by Gasteiger charge is -2.33. The van der Waals surface area contributed by atoms with Crippen LogP contribution < -0.4 is 4.90 Å². The summed E-state index contributed by atoms with van der Waals surface area (Å²) in [5.74, 6) is 0. The maximum Gasteiger partial charge on any atom is 0.418 e. The molecule has 1 heterocycles. The van der Waals surface area contributed by atoms with Crippen LogP contribution >= 0.6 is 0 Å². The Morgan fingerprint density at radius 3 is 2.62 bits per heavy atom. The maximum atomic E-state index is 13.3. The van der Waals surface area contributed by atoms with Crippen LogP contribution in [-0.2, 0) is 12.8 Å². The Morgan fingerprint density at radius 1 is 1.24 bits per heavy atom. The highest BCUT2D eigenvalue weighted by molar-refractivity contribution is 5.57. The minimum atomic E-state index is -4.40. The van der Waals surface area contributed by atoms with Crippen LogP contribution in [0.2, 0.25) is 0 Å². The van der Waals surface area contributed by atoms with Crippen LogP contribution in [0, 0.1) is 0 Å². The van der Waals surface area contributed by atoms with Gasteiger partial charge in [-0.1, -0.05) is 25.8 Å². The molecule has 1 atom stereocenters. The first-order chi connectivity index (χ1) is 9.97. The highest BCUT2D eigenvalue weighted by Gasteiger charge is 2.36. The van der Waals surface area contributed by atoms with Crippen LogP contribution in [0.3, 0.4) is 0 Å². The topological polar surface area (TPSA) is 23.5 Å². The Hall–Kier alpha value is -1.23. The molecule has 1 N–H and O–H groups in total. The number of benzene rings is 1. The second-order valence-corrected chi connectivity index (χ2v) is 5.61. The largest absolute Gasteiger partial charge is 0.418 e. The fourth-order valence-electron chi connectivity index (χ4n) is 3.08. The van der Waals surface area contributed by atoms with Gasteiger partial charge in [-0.15, -0.1) is 0 Å². The quantitative estimate of drug-likeness (QED) is 0.897. The number of hydrogen-bond donors (Lipinski definition) is 1. The second-order valence-electron chi connectivity index (χ2n) is 5.61. The van der Waals surface area contributed by atoms with Crippen molar-refractivity contribution in [3.05, 3.63) is 29.3 Å².